The van der Waals surface area contributed by atoms with Crippen LogP contribution in [0.3, 0.4) is 0 Å². The molecule has 0 aromatic heterocycles. The number of halogens is 1. The van der Waals surface area contributed by atoms with E-state index in [1.807, 2.05) is 75.4 Å². The third-order valence-electron chi connectivity index (χ3n) is 6.06. The van der Waals surface area contributed by atoms with Gasteiger partial charge in [0.2, 0.25) is 21.8 Å². The van der Waals surface area contributed by atoms with Crippen molar-refractivity contribution in [1.82, 2.24) is 10.2 Å². The number of hydrogen-bond donors (Lipinski definition) is 1. The summed E-state index contributed by atoms with van der Waals surface area (Å²) >= 11 is 3.47. The second-order valence-corrected chi connectivity index (χ2v) is 12.5. The number of anilines is 1. The molecule has 2 amide bonds. The van der Waals surface area contributed by atoms with Crippen LogP contribution in [0.5, 0.6) is 5.75 Å². The highest BCUT2D eigenvalue weighted by Crippen LogP contribution is 2.23. The van der Waals surface area contributed by atoms with E-state index < -0.39 is 28.5 Å². The van der Waals surface area contributed by atoms with Crippen LogP contribution in [-0.4, -0.2) is 56.6 Å². The third kappa shape index (κ3) is 9.09. The number of amides is 2. The molecule has 8 nitrogen and oxygen atoms in total. The fraction of sp³-hybridized carbons (Fsp3) is 0.333. The summed E-state index contributed by atoms with van der Waals surface area (Å²) in [5.41, 5.74) is 2.00. The average Bonchev–Trinajstić information content (AvgIpc) is 2.89. The topological polar surface area (TPSA) is 96.0 Å². The van der Waals surface area contributed by atoms with Crippen molar-refractivity contribution in [2.24, 2.45) is 0 Å². The number of ether oxygens (including phenoxy) is 1. The maximum absolute atomic E-state index is 14.1. The van der Waals surface area contributed by atoms with Crippen LogP contribution < -0.4 is 14.4 Å². The van der Waals surface area contributed by atoms with Gasteiger partial charge in [0, 0.05) is 23.5 Å². The Bertz CT molecular complexity index is 1380. The fourth-order valence-electron chi connectivity index (χ4n) is 4.26. The first-order chi connectivity index (χ1) is 19.0. The lowest BCUT2D eigenvalue weighted by molar-refractivity contribution is -0.140. The van der Waals surface area contributed by atoms with Gasteiger partial charge in [-0.15, -0.1) is 0 Å². The van der Waals surface area contributed by atoms with E-state index in [1.165, 1.54) is 4.90 Å². The Kier molecular flexibility index (Phi) is 11.2. The standard InChI is InChI=1S/C30H36BrN3O5S/c1-5-39-27-16-14-26(15-17-27)34(40(4,37)38)21-29(35)33(20-24-12-9-13-25(31)18-24)28(30(36)32-22(2)3)19-23-10-7-6-8-11-23/h6-18,22,28H,5,19-21H2,1-4H3,(H,32,36)/t28-/m1/s1. The number of nitrogens with zero attached hydrogens (tertiary/aromatic N) is 2. The predicted molar refractivity (Wildman–Crippen MR) is 162 cm³/mol. The zero-order valence-electron chi connectivity index (χ0n) is 23.2. The summed E-state index contributed by atoms with van der Waals surface area (Å²) in [6.45, 7) is 5.68. The van der Waals surface area contributed by atoms with Gasteiger partial charge in [-0.1, -0.05) is 58.4 Å². The molecule has 0 bridgehead atoms. The highest BCUT2D eigenvalue weighted by atomic mass is 79.9. The zero-order chi connectivity index (χ0) is 29.3. The van der Waals surface area contributed by atoms with Crippen LogP contribution in [0.4, 0.5) is 5.69 Å². The summed E-state index contributed by atoms with van der Waals surface area (Å²) in [7, 11) is -3.84. The van der Waals surface area contributed by atoms with Gasteiger partial charge in [-0.2, -0.15) is 0 Å². The van der Waals surface area contributed by atoms with Crippen molar-refractivity contribution >= 4 is 43.5 Å². The molecule has 0 heterocycles. The summed E-state index contributed by atoms with van der Waals surface area (Å²) in [5.74, 6) is -0.219. The maximum atomic E-state index is 14.1. The normalized spacial score (nSPS) is 12.1. The minimum absolute atomic E-state index is 0.113. The molecule has 3 aromatic carbocycles. The first-order valence-corrected chi connectivity index (χ1v) is 15.7. The molecule has 10 heteroatoms. The van der Waals surface area contributed by atoms with Crippen molar-refractivity contribution in [1.29, 1.82) is 0 Å². The molecule has 3 aromatic rings. The lowest BCUT2D eigenvalue weighted by Gasteiger charge is -2.34. The number of rotatable bonds is 13. The molecule has 40 heavy (non-hydrogen) atoms. The van der Waals surface area contributed by atoms with Gasteiger partial charge in [0.15, 0.2) is 0 Å². The van der Waals surface area contributed by atoms with Gasteiger partial charge in [-0.05, 0) is 68.3 Å². The molecule has 0 aliphatic rings. The summed E-state index contributed by atoms with van der Waals surface area (Å²) in [6.07, 6.45) is 1.32. The Balaban J connectivity index is 2.03. The first kappa shape index (κ1) is 31.2. The van der Waals surface area contributed by atoms with E-state index in [4.69, 9.17) is 4.74 Å². The van der Waals surface area contributed by atoms with Gasteiger partial charge >= 0.3 is 0 Å². The number of benzene rings is 3. The van der Waals surface area contributed by atoms with Crippen molar-refractivity contribution < 1.29 is 22.7 Å². The van der Waals surface area contributed by atoms with Crippen molar-refractivity contribution in [3.8, 4) is 5.75 Å². The second kappa shape index (κ2) is 14.3. The van der Waals surface area contributed by atoms with Crippen molar-refractivity contribution in [2.75, 3.05) is 23.7 Å². The number of hydrogen-bond acceptors (Lipinski definition) is 5. The number of nitrogens with one attached hydrogen (secondary N) is 1. The molecule has 0 fully saturated rings. The lowest BCUT2D eigenvalue weighted by atomic mass is 10.0. The molecule has 0 saturated carbocycles. The largest absolute Gasteiger partial charge is 0.494 e. The number of carbonyl (C=O) groups is 2. The van der Waals surface area contributed by atoms with E-state index in [-0.39, 0.29) is 24.9 Å². The molecular formula is C30H36BrN3O5S. The van der Waals surface area contributed by atoms with Crippen LogP contribution in [-0.2, 0) is 32.6 Å². The first-order valence-electron chi connectivity index (χ1n) is 13.1. The summed E-state index contributed by atoms with van der Waals surface area (Å²) in [4.78, 5) is 29.1. The summed E-state index contributed by atoms with van der Waals surface area (Å²) in [5, 5.41) is 2.94. The average molecular weight is 631 g/mol. The Labute approximate surface area is 245 Å². The molecule has 0 aliphatic carbocycles. The van der Waals surface area contributed by atoms with Gasteiger partial charge in [-0.3, -0.25) is 13.9 Å². The lowest BCUT2D eigenvalue weighted by Crippen LogP contribution is -2.54. The molecule has 0 radical (unpaired) electrons. The monoisotopic (exact) mass is 629 g/mol. The maximum Gasteiger partial charge on any atom is 0.244 e. The Morgan fingerprint density at radius 2 is 1.60 bits per heavy atom. The predicted octanol–water partition coefficient (Wildman–Crippen LogP) is 4.78. The smallest absolute Gasteiger partial charge is 0.244 e. The minimum Gasteiger partial charge on any atom is -0.494 e. The molecule has 1 N–H and O–H groups in total. The van der Waals surface area contributed by atoms with E-state index >= 15 is 0 Å². The fourth-order valence-corrected chi connectivity index (χ4v) is 5.55. The Morgan fingerprint density at radius 1 is 0.950 bits per heavy atom. The summed E-state index contributed by atoms with van der Waals surface area (Å²) in [6, 6.07) is 22.4. The quantitative estimate of drug-likeness (QED) is 0.294. The summed E-state index contributed by atoms with van der Waals surface area (Å²) < 4.78 is 33.1. The van der Waals surface area contributed by atoms with Gasteiger partial charge in [0.05, 0.1) is 18.6 Å². The van der Waals surface area contributed by atoms with Crippen LogP contribution >= 0.6 is 15.9 Å². The number of carbonyl (C=O) groups excluding carboxylic acids is 2. The van der Waals surface area contributed by atoms with E-state index in [9.17, 15) is 18.0 Å². The Morgan fingerprint density at radius 3 is 2.17 bits per heavy atom. The van der Waals surface area contributed by atoms with E-state index in [0.29, 0.717) is 18.0 Å². The van der Waals surface area contributed by atoms with Crippen LogP contribution in [0, 0.1) is 0 Å². The van der Waals surface area contributed by atoms with Crippen molar-refractivity contribution in [3.63, 3.8) is 0 Å². The SMILES string of the molecule is CCOc1ccc(N(CC(=O)N(Cc2cccc(Br)c2)[C@H](Cc2ccccc2)C(=O)NC(C)C)S(C)(=O)=O)cc1. The highest BCUT2D eigenvalue weighted by Gasteiger charge is 2.33. The number of sulfonamides is 1. The van der Waals surface area contributed by atoms with Crippen molar-refractivity contribution in [3.05, 3.63) is 94.5 Å². The molecule has 0 aliphatic heterocycles. The Hall–Kier alpha value is -3.37. The highest BCUT2D eigenvalue weighted by molar-refractivity contribution is 9.10. The third-order valence-corrected chi connectivity index (χ3v) is 7.69. The molecule has 3 rings (SSSR count). The molecule has 0 saturated heterocycles. The zero-order valence-corrected chi connectivity index (χ0v) is 25.6. The van der Waals surface area contributed by atoms with Crippen LogP contribution in [0.2, 0.25) is 0 Å². The van der Waals surface area contributed by atoms with E-state index in [1.54, 1.807) is 24.3 Å². The second-order valence-electron chi connectivity index (χ2n) is 9.72. The van der Waals surface area contributed by atoms with Crippen molar-refractivity contribution in [2.45, 2.75) is 45.8 Å². The minimum atomic E-state index is -3.84. The molecule has 0 unspecified atom stereocenters. The molecule has 0 spiro atoms. The molecule has 1 atom stereocenters. The van der Waals surface area contributed by atoms with Crippen LogP contribution in [0.25, 0.3) is 0 Å². The molecular weight excluding hydrogens is 594 g/mol. The molecule has 214 valence electrons. The van der Waals surface area contributed by atoms with Gasteiger partial charge in [0.25, 0.3) is 0 Å². The van der Waals surface area contributed by atoms with E-state index in [2.05, 4.69) is 21.2 Å². The van der Waals surface area contributed by atoms with Gasteiger partial charge in [0.1, 0.15) is 18.3 Å². The van der Waals surface area contributed by atoms with E-state index in [0.717, 1.165) is 26.2 Å². The van der Waals surface area contributed by atoms with Gasteiger partial charge < -0.3 is 15.0 Å². The van der Waals surface area contributed by atoms with Gasteiger partial charge in [-0.25, -0.2) is 8.42 Å². The van der Waals surface area contributed by atoms with Crippen LogP contribution in [0.1, 0.15) is 31.9 Å². The van der Waals surface area contributed by atoms with Crippen LogP contribution in [0.15, 0.2) is 83.3 Å².